The second-order valence-electron chi connectivity index (χ2n) is 8.95. The Bertz CT molecular complexity index is 949. The van der Waals surface area contributed by atoms with Gasteiger partial charge in [-0.15, -0.1) is 11.8 Å². The molecule has 4 rings (SSSR count). The van der Waals surface area contributed by atoms with Crippen LogP contribution in [0, 0.1) is 0 Å². The predicted molar refractivity (Wildman–Crippen MR) is 137 cm³/mol. The molecule has 7 heteroatoms. The van der Waals surface area contributed by atoms with Gasteiger partial charge in [-0.1, -0.05) is 40.5 Å². The van der Waals surface area contributed by atoms with Crippen LogP contribution in [0.1, 0.15) is 43.2 Å². The number of nitrogens with zero attached hydrogens (tertiary/aromatic N) is 2. The molecule has 2 fully saturated rings. The molecular formula is C26H33BrN2O3S. The number of thioether (sulfide) groups is 1. The highest BCUT2D eigenvalue weighted by molar-refractivity contribution is 9.10. The predicted octanol–water partition coefficient (Wildman–Crippen LogP) is 5.65. The average molecular weight is 534 g/mol. The van der Waals surface area contributed by atoms with Gasteiger partial charge in [0.05, 0.1) is 7.11 Å². The third-order valence-electron chi connectivity index (χ3n) is 6.85. The van der Waals surface area contributed by atoms with Gasteiger partial charge in [0, 0.05) is 33.3 Å². The topological polar surface area (TPSA) is 53.0 Å². The Hall–Kier alpha value is -1.54. The van der Waals surface area contributed by atoms with Crippen molar-refractivity contribution in [1.82, 2.24) is 9.80 Å². The number of methoxy groups -OCH3 is 1. The number of hydrogen-bond acceptors (Lipinski definition) is 5. The Morgan fingerprint density at radius 2 is 1.88 bits per heavy atom. The average Bonchev–Trinajstić information content (AvgIpc) is 2.84. The second-order valence-corrected chi connectivity index (χ2v) is 10.9. The van der Waals surface area contributed by atoms with E-state index in [0.29, 0.717) is 6.04 Å². The summed E-state index contributed by atoms with van der Waals surface area (Å²) in [4.78, 5) is 17.8. The van der Waals surface area contributed by atoms with Crippen molar-refractivity contribution in [3.05, 3.63) is 58.1 Å². The highest BCUT2D eigenvalue weighted by Crippen LogP contribution is 2.33. The zero-order chi connectivity index (χ0) is 23.2. The number of halogens is 1. The van der Waals surface area contributed by atoms with Gasteiger partial charge >= 0.3 is 5.97 Å². The maximum atomic E-state index is 11.7. The van der Waals surface area contributed by atoms with Gasteiger partial charge in [-0.05, 0) is 75.1 Å². The number of hydrogen-bond donors (Lipinski definition) is 1. The van der Waals surface area contributed by atoms with Crippen molar-refractivity contribution in [2.75, 3.05) is 26.7 Å². The molecular weight excluding hydrogens is 500 g/mol. The highest BCUT2D eigenvalue weighted by atomic mass is 79.9. The van der Waals surface area contributed by atoms with Crippen LogP contribution in [0.5, 0.6) is 5.75 Å². The van der Waals surface area contributed by atoms with Crippen molar-refractivity contribution in [2.24, 2.45) is 0 Å². The normalized spacial score (nSPS) is 20.6. The summed E-state index contributed by atoms with van der Waals surface area (Å²) in [5, 5.41) is 9.63. The summed E-state index contributed by atoms with van der Waals surface area (Å²) in [7, 11) is 1.72. The lowest BCUT2D eigenvalue weighted by Gasteiger charge is -2.43. The van der Waals surface area contributed by atoms with Gasteiger partial charge in [-0.2, -0.15) is 0 Å². The van der Waals surface area contributed by atoms with Crippen LogP contribution in [0.3, 0.4) is 0 Å². The van der Waals surface area contributed by atoms with Crippen molar-refractivity contribution < 1.29 is 14.6 Å². The highest BCUT2D eigenvalue weighted by Gasteiger charge is 2.35. The summed E-state index contributed by atoms with van der Waals surface area (Å²) in [5.74, 6) is 1.13. The van der Waals surface area contributed by atoms with E-state index in [4.69, 9.17) is 4.74 Å². The fraction of sp³-hybridized carbons (Fsp3) is 0.500. The minimum absolute atomic E-state index is 0.289. The fourth-order valence-electron chi connectivity index (χ4n) is 5.10. The molecule has 2 aromatic rings. The van der Waals surface area contributed by atoms with E-state index >= 15 is 0 Å². The van der Waals surface area contributed by atoms with Gasteiger partial charge in [0.15, 0.2) is 0 Å². The van der Waals surface area contributed by atoms with Gasteiger partial charge in [0.1, 0.15) is 11.8 Å². The van der Waals surface area contributed by atoms with E-state index in [1.165, 1.54) is 16.0 Å². The van der Waals surface area contributed by atoms with Crippen LogP contribution < -0.4 is 4.74 Å². The van der Waals surface area contributed by atoms with E-state index in [2.05, 4.69) is 56.1 Å². The zero-order valence-electron chi connectivity index (χ0n) is 19.2. The molecule has 0 bridgehead atoms. The maximum absolute atomic E-state index is 11.7. The molecule has 178 valence electrons. The van der Waals surface area contributed by atoms with Crippen LogP contribution in [-0.4, -0.2) is 59.7 Å². The molecule has 1 atom stereocenters. The smallest absolute Gasteiger partial charge is 0.320 e. The molecule has 2 aromatic carbocycles. The summed E-state index contributed by atoms with van der Waals surface area (Å²) < 4.78 is 6.60. The minimum atomic E-state index is -0.648. The second kappa shape index (κ2) is 11.7. The lowest BCUT2D eigenvalue weighted by Crippen LogP contribution is -2.53. The minimum Gasteiger partial charge on any atom is -0.496 e. The number of ether oxygens (including phenoxy) is 1. The van der Waals surface area contributed by atoms with Gasteiger partial charge in [0.25, 0.3) is 0 Å². The Morgan fingerprint density at radius 1 is 1.09 bits per heavy atom. The quantitative estimate of drug-likeness (QED) is 0.443. The molecule has 2 aliphatic heterocycles. The van der Waals surface area contributed by atoms with E-state index in [9.17, 15) is 9.90 Å². The number of piperidine rings is 2. The molecule has 1 N–H and O–H groups in total. The lowest BCUT2D eigenvalue weighted by atomic mass is 9.95. The summed E-state index contributed by atoms with van der Waals surface area (Å²) >= 11 is 5.42. The lowest BCUT2D eigenvalue weighted by molar-refractivity contribution is -0.146. The van der Waals surface area contributed by atoms with E-state index in [1.807, 2.05) is 23.9 Å². The van der Waals surface area contributed by atoms with Crippen LogP contribution in [0.25, 0.3) is 0 Å². The molecule has 2 aliphatic rings. The molecule has 5 nitrogen and oxygen atoms in total. The maximum Gasteiger partial charge on any atom is 0.320 e. The van der Waals surface area contributed by atoms with E-state index in [0.717, 1.165) is 74.3 Å². The summed E-state index contributed by atoms with van der Waals surface area (Å²) in [5.41, 5.74) is 2.54. The number of aliphatic carboxylic acids is 1. The molecule has 0 saturated carbocycles. The molecule has 33 heavy (non-hydrogen) atoms. The summed E-state index contributed by atoms with van der Waals surface area (Å²) in [6.45, 7) is 3.91. The van der Waals surface area contributed by atoms with Gasteiger partial charge < -0.3 is 9.84 Å². The third kappa shape index (κ3) is 6.32. The largest absolute Gasteiger partial charge is 0.496 e. The summed E-state index contributed by atoms with van der Waals surface area (Å²) in [6, 6.07) is 14.9. The number of rotatable bonds is 8. The van der Waals surface area contributed by atoms with Gasteiger partial charge in [-0.25, -0.2) is 0 Å². The monoisotopic (exact) mass is 532 g/mol. The molecule has 0 aromatic heterocycles. The van der Waals surface area contributed by atoms with Crippen LogP contribution >= 0.6 is 27.7 Å². The van der Waals surface area contributed by atoms with Crippen molar-refractivity contribution >= 4 is 33.7 Å². The molecule has 1 unspecified atom stereocenters. The molecule has 2 saturated heterocycles. The number of carbonyl (C=O) groups is 1. The van der Waals surface area contributed by atoms with Crippen molar-refractivity contribution in [1.29, 1.82) is 0 Å². The van der Waals surface area contributed by atoms with Crippen molar-refractivity contribution in [2.45, 2.75) is 61.4 Å². The zero-order valence-corrected chi connectivity index (χ0v) is 21.6. The van der Waals surface area contributed by atoms with E-state index < -0.39 is 5.97 Å². The summed E-state index contributed by atoms with van der Waals surface area (Å²) in [6.07, 6.45) is 5.05. The Morgan fingerprint density at radius 3 is 2.64 bits per heavy atom. The van der Waals surface area contributed by atoms with Crippen LogP contribution in [0.2, 0.25) is 0 Å². The SMILES string of the molecule is COc1ccc(Br)cc1CSc1ccccc1CN1CCC(N2CCCCC2C(=O)O)CC1. The Balaban J connectivity index is 1.35. The first-order valence-electron chi connectivity index (χ1n) is 11.8. The molecule has 0 radical (unpaired) electrons. The number of benzene rings is 2. The van der Waals surface area contributed by atoms with Crippen LogP contribution in [0.4, 0.5) is 0 Å². The van der Waals surface area contributed by atoms with Gasteiger partial charge in [-0.3, -0.25) is 14.6 Å². The molecule has 0 amide bonds. The van der Waals surface area contributed by atoms with Crippen molar-refractivity contribution in [3.8, 4) is 5.75 Å². The van der Waals surface area contributed by atoms with Crippen LogP contribution in [0.15, 0.2) is 51.8 Å². The number of carboxylic acid groups (broad SMARTS) is 1. The number of likely N-dealkylation sites (tertiary alicyclic amines) is 2. The fourth-order valence-corrected chi connectivity index (χ4v) is 6.53. The van der Waals surface area contributed by atoms with Crippen LogP contribution in [-0.2, 0) is 17.1 Å². The van der Waals surface area contributed by atoms with E-state index in [-0.39, 0.29) is 6.04 Å². The van der Waals surface area contributed by atoms with Gasteiger partial charge in [0.2, 0.25) is 0 Å². The number of carboxylic acids is 1. The first kappa shape index (κ1) is 24.6. The van der Waals surface area contributed by atoms with E-state index in [1.54, 1.807) is 7.11 Å². The van der Waals surface area contributed by atoms with Crippen molar-refractivity contribution in [3.63, 3.8) is 0 Å². The standard InChI is InChI=1S/C26H33BrN2O3S/c1-32-24-10-9-21(27)16-20(24)18-33-25-8-3-2-6-19(25)17-28-14-11-22(12-15-28)29-13-5-4-7-23(29)26(30)31/h2-3,6,8-10,16,22-23H,4-5,7,11-15,17-18H2,1H3,(H,30,31). The molecule has 0 aliphatic carbocycles. The first-order valence-corrected chi connectivity index (χ1v) is 13.6. The third-order valence-corrected chi connectivity index (χ3v) is 8.51. The molecule has 2 heterocycles. The Kier molecular flexibility index (Phi) is 8.74. The Labute approximate surface area is 209 Å². The first-order chi connectivity index (χ1) is 16.0. The molecule has 0 spiro atoms.